The first-order valence-corrected chi connectivity index (χ1v) is 10.1. The van der Waals surface area contributed by atoms with Crippen molar-refractivity contribution >= 4 is 22.6 Å². The lowest BCUT2D eigenvalue weighted by Gasteiger charge is -2.38. The molecule has 0 saturated carbocycles. The van der Waals surface area contributed by atoms with Gasteiger partial charge in [-0.05, 0) is 32.5 Å². The molecule has 1 aromatic heterocycles. The summed E-state index contributed by atoms with van der Waals surface area (Å²) in [5.41, 5.74) is 0.990. The maximum atomic E-state index is 14.8. The van der Waals surface area contributed by atoms with Gasteiger partial charge in [0.1, 0.15) is 22.8 Å². The molecular formula is C21H25FN6O2. The molecule has 0 aliphatic carbocycles. The molecule has 158 valence electrons. The molecule has 2 aromatic rings. The molecule has 3 atom stereocenters. The number of benzene rings is 1. The number of hydrogen-bond donors (Lipinski definition) is 1. The number of alkyl halides is 1. The van der Waals surface area contributed by atoms with Crippen LogP contribution in [0.3, 0.4) is 0 Å². The van der Waals surface area contributed by atoms with Crippen LogP contribution >= 0.6 is 0 Å². The number of likely N-dealkylation sites (tertiary alicyclic amines) is 1. The van der Waals surface area contributed by atoms with Gasteiger partial charge in [0.05, 0.1) is 30.4 Å². The molecule has 1 amide bonds. The minimum absolute atomic E-state index is 0.0182. The molecule has 2 unspecified atom stereocenters. The van der Waals surface area contributed by atoms with Crippen LogP contribution in [0, 0.1) is 11.3 Å². The zero-order valence-corrected chi connectivity index (χ0v) is 17.1. The number of fused-ring (bicyclic) bond motifs is 1. The van der Waals surface area contributed by atoms with E-state index in [1.807, 2.05) is 29.8 Å². The highest BCUT2D eigenvalue weighted by molar-refractivity contribution is 5.92. The lowest BCUT2D eigenvalue weighted by atomic mass is 10.1. The summed E-state index contributed by atoms with van der Waals surface area (Å²) < 4.78 is 20.7. The third-order valence-corrected chi connectivity index (χ3v) is 5.69. The molecule has 30 heavy (non-hydrogen) atoms. The van der Waals surface area contributed by atoms with Crippen molar-refractivity contribution in [1.29, 1.82) is 5.26 Å². The highest BCUT2D eigenvalue weighted by Gasteiger charge is 2.38. The van der Waals surface area contributed by atoms with Crippen molar-refractivity contribution < 1.29 is 13.9 Å². The maximum Gasteiger partial charge on any atom is 0.251 e. The molecule has 8 nitrogen and oxygen atoms in total. The number of nitriles is 1. The van der Waals surface area contributed by atoms with Crippen molar-refractivity contribution in [1.82, 2.24) is 20.2 Å². The number of nitrogens with zero attached hydrogens (tertiary/aromatic N) is 5. The Kier molecular flexibility index (Phi) is 5.54. The molecule has 2 fully saturated rings. The zero-order chi connectivity index (χ0) is 21.3. The summed E-state index contributed by atoms with van der Waals surface area (Å²) >= 11 is 0. The van der Waals surface area contributed by atoms with E-state index in [0.717, 1.165) is 5.69 Å². The van der Waals surface area contributed by atoms with Gasteiger partial charge in [-0.3, -0.25) is 14.8 Å². The highest BCUT2D eigenvalue weighted by atomic mass is 19.1. The van der Waals surface area contributed by atoms with Gasteiger partial charge in [-0.1, -0.05) is 0 Å². The number of halogens is 1. The minimum Gasteiger partial charge on any atom is -0.364 e. The Balaban J connectivity index is 1.51. The summed E-state index contributed by atoms with van der Waals surface area (Å²) in [5.74, 6) is -0.317. The number of rotatable bonds is 4. The average molecular weight is 412 g/mol. The second-order valence-corrected chi connectivity index (χ2v) is 8.19. The van der Waals surface area contributed by atoms with Crippen molar-refractivity contribution in [2.24, 2.45) is 0 Å². The van der Waals surface area contributed by atoms with E-state index in [1.165, 1.54) is 0 Å². The van der Waals surface area contributed by atoms with Crippen LogP contribution in [0.25, 0.3) is 11.0 Å². The van der Waals surface area contributed by atoms with E-state index < -0.39 is 11.8 Å². The fraction of sp³-hybridized carbons (Fsp3) is 0.524. The minimum atomic E-state index is -1.40. The summed E-state index contributed by atoms with van der Waals surface area (Å²) in [5, 5.41) is 12.1. The zero-order valence-electron chi connectivity index (χ0n) is 17.1. The second kappa shape index (κ2) is 8.13. The fourth-order valence-electron chi connectivity index (χ4n) is 4.22. The Hall–Kier alpha value is -2.83. The molecule has 0 radical (unpaired) electrons. The van der Waals surface area contributed by atoms with Crippen molar-refractivity contribution in [3.05, 3.63) is 30.1 Å². The predicted molar refractivity (Wildman–Crippen MR) is 110 cm³/mol. The number of morpholine rings is 1. The topological polar surface area (TPSA) is 94.4 Å². The Labute approximate surface area is 174 Å². The number of carbonyl (C=O) groups is 1. The molecule has 1 aromatic carbocycles. The van der Waals surface area contributed by atoms with Crippen molar-refractivity contribution in [2.45, 2.75) is 31.2 Å². The molecule has 1 N–H and O–H groups in total. The first-order chi connectivity index (χ1) is 14.4. The molecule has 9 heteroatoms. The SMILES string of the molecule is CC1CN(c2ccc(C#N)c3nccnc23)CC(C(=O)NC[C@@]2(F)CCN(C)C2)O1. The number of aromatic nitrogens is 2. The Morgan fingerprint density at radius 2 is 2.13 bits per heavy atom. The lowest BCUT2D eigenvalue weighted by molar-refractivity contribution is -0.137. The summed E-state index contributed by atoms with van der Waals surface area (Å²) in [7, 11) is 1.87. The second-order valence-electron chi connectivity index (χ2n) is 8.19. The molecule has 2 aliphatic heterocycles. The number of ether oxygens (including phenoxy) is 1. The quantitative estimate of drug-likeness (QED) is 0.808. The maximum absolute atomic E-state index is 14.8. The van der Waals surface area contributed by atoms with E-state index >= 15 is 0 Å². The van der Waals surface area contributed by atoms with Crippen molar-refractivity contribution in [3.8, 4) is 6.07 Å². The largest absolute Gasteiger partial charge is 0.364 e. The van der Waals surface area contributed by atoms with E-state index in [0.29, 0.717) is 49.2 Å². The van der Waals surface area contributed by atoms with Crippen LogP contribution in [0.5, 0.6) is 0 Å². The Morgan fingerprint density at radius 1 is 1.37 bits per heavy atom. The number of nitrogens with one attached hydrogen (secondary N) is 1. The molecule has 4 rings (SSSR count). The van der Waals surface area contributed by atoms with E-state index in [-0.39, 0.29) is 18.6 Å². The van der Waals surface area contributed by atoms with Gasteiger partial charge in [-0.15, -0.1) is 0 Å². The van der Waals surface area contributed by atoms with Gasteiger partial charge in [-0.2, -0.15) is 5.26 Å². The van der Waals surface area contributed by atoms with Crippen molar-refractivity contribution in [3.63, 3.8) is 0 Å². The molecule has 3 heterocycles. The first-order valence-electron chi connectivity index (χ1n) is 10.1. The monoisotopic (exact) mass is 412 g/mol. The summed E-state index contributed by atoms with van der Waals surface area (Å²) in [4.78, 5) is 25.4. The van der Waals surface area contributed by atoms with E-state index in [9.17, 15) is 14.4 Å². The van der Waals surface area contributed by atoms with E-state index in [2.05, 4.69) is 21.4 Å². The highest BCUT2D eigenvalue weighted by Crippen LogP contribution is 2.29. The normalized spacial score (nSPS) is 27.2. The number of amides is 1. The predicted octanol–water partition coefficient (Wildman–Crippen LogP) is 1.26. The number of carbonyl (C=O) groups excluding carboxylic acids is 1. The smallest absolute Gasteiger partial charge is 0.251 e. The van der Waals surface area contributed by atoms with Crippen LogP contribution in [0.15, 0.2) is 24.5 Å². The molecule has 2 saturated heterocycles. The summed E-state index contributed by atoms with van der Waals surface area (Å²) in [6, 6.07) is 5.68. The van der Waals surface area contributed by atoms with Crippen molar-refractivity contribution in [2.75, 3.05) is 44.7 Å². The van der Waals surface area contributed by atoms with Gasteiger partial charge in [0.2, 0.25) is 0 Å². The Bertz CT molecular complexity index is 995. The first kappa shape index (κ1) is 20.4. The Morgan fingerprint density at radius 3 is 2.83 bits per heavy atom. The van der Waals surface area contributed by atoms with Crippen LogP contribution in [0.4, 0.5) is 10.1 Å². The van der Waals surface area contributed by atoms with Gasteiger partial charge in [-0.25, -0.2) is 4.39 Å². The third-order valence-electron chi connectivity index (χ3n) is 5.69. The van der Waals surface area contributed by atoms with Gasteiger partial charge in [0, 0.05) is 32.0 Å². The average Bonchev–Trinajstić information content (AvgIpc) is 3.09. The van der Waals surface area contributed by atoms with Crippen LogP contribution < -0.4 is 10.2 Å². The molecular weight excluding hydrogens is 387 g/mol. The van der Waals surface area contributed by atoms with Crippen LogP contribution in [0.2, 0.25) is 0 Å². The van der Waals surface area contributed by atoms with Gasteiger partial charge in [0.15, 0.2) is 6.10 Å². The lowest BCUT2D eigenvalue weighted by Crippen LogP contribution is -2.54. The van der Waals surface area contributed by atoms with Gasteiger partial charge < -0.3 is 19.9 Å². The molecule has 2 aliphatic rings. The van der Waals surface area contributed by atoms with E-state index in [4.69, 9.17) is 4.74 Å². The fourth-order valence-corrected chi connectivity index (χ4v) is 4.22. The number of anilines is 1. The van der Waals surface area contributed by atoms with Gasteiger partial charge >= 0.3 is 0 Å². The van der Waals surface area contributed by atoms with Crippen LogP contribution in [-0.2, 0) is 9.53 Å². The van der Waals surface area contributed by atoms with Crippen LogP contribution in [-0.4, -0.2) is 78.4 Å². The summed E-state index contributed by atoms with van der Waals surface area (Å²) in [6.45, 7) is 3.76. The third kappa shape index (κ3) is 4.06. The van der Waals surface area contributed by atoms with E-state index in [1.54, 1.807) is 18.5 Å². The number of hydrogen-bond acceptors (Lipinski definition) is 7. The molecule has 0 spiro atoms. The van der Waals surface area contributed by atoms with Crippen LogP contribution in [0.1, 0.15) is 18.9 Å². The standard InChI is InChI=1S/C21H25FN6O2/c1-14-10-28(16-4-3-15(9-23)18-19(16)25-7-6-24-18)11-17(30-14)20(29)26-12-21(22)5-8-27(2)13-21/h3-4,6-7,14,17H,5,8,10-13H2,1-2H3,(H,26,29)/t14?,17?,21-/m0/s1. The van der Waals surface area contributed by atoms with Gasteiger partial charge in [0.25, 0.3) is 5.91 Å². The molecule has 0 bridgehead atoms. The summed E-state index contributed by atoms with van der Waals surface area (Å²) in [6.07, 6.45) is 2.62.